The molecule has 2 fully saturated rings. The second kappa shape index (κ2) is 9.69. The van der Waals surface area contributed by atoms with E-state index in [0.29, 0.717) is 11.8 Å². The standard InChI is InChI=1S/C25H34N4O2/c1-4-13-29-18(2)22(15-26-29)25(30)27-24-20-11-12-21(24)17-28(16-20)14-7-9-19-8-5-6-10-23(19)31-3/h5-10,15,20-21,24H,4,11-14,16-17H2,1-3H3,(H,27,30)/b9-7+/t20-,21+,24?. The number of carbonyl (C=O) groups is 1. The fourth-order valence-corrected chi connectivity index (χ4v) is 5.17. The van der Waals surface area contributed by atoms with Crippen molar-refractivity contribution < 1.29 is 9.53 Å². The number of hydrogen-bond acceptors (Lipinski definition) is 4. The first-order valence-corrected chi connectivity index (χ1v) is 11.5. The van der Waals surface area contributed by atoms with Crippen molar-refractivity contribution in [3.63, 3.8) is 0 Å². The molecule has 31 heavy (non-hydrogen) atoms. The lowest BCUT2D eigenvalue weighted by Gasteiger charge is -2.38. The largest absolute Gasteiger partial charge is 0.496 e. The number of fused-ring (bicyclic) bond motifs is 2. The van der Waals surface area contributed by atoms with Gasteiger partial charge >= 0.3 is 0 Å². The summed E-state index contributed by atoms with van der Waals surface area (Å²) in [4.78, 5) is 15.5. The van der Waals surface area contributed by atoms with E-state index in [1.54, 1.807) is 13.3 Å². The topological polar surface area (TPSA) is 59.4 Å². The first-order valence-electron chi connectivity index (χ1n) is 11.5. The van der Waals surface area contributed by atoms with Crippen LogP contribution in [0.5, 0.6) is 5.75 Å². The number of aromatic nitrogens is 2. The summed E-state index contributed by atoms with van der Waals surface area (Å²) in [6.45, 7) is 7.96. The Morgan fingerprint density at radius 1 is 1.26 bits per heavy atom. The number of methoxy groups -OCH3 is 1. The van der Waals surface area contributed by atoms with Crippen LogP contribution in [-0.4, -0.2) is 53.4 Å². The molecule has 3 atom stereocenters. The first kappa shape index (κ1) is 21.6. The Kier molecular flexibility index (Phi) is 6.76. The van der Waals surface area contributed by atoms with E-state index in [1.165, 1.54) is 12.8 Å². The van der Waals surface area contributed by atoms with Crippen molar-refractivity contribution in [1.29, 1.82) is 0 Å². The highest BCUT2D eigenvalue weighted by atomic mass is 16.5. The molecule has 2 aliphatic rings. The van der Waals surface area contributed by atoms with Crippen molar-refractivity contribution in [2.75, 3.05) is 26.7 Å². The molecule has 6 heteroatoms. The molecule has 166 valence electrons. The number of piperidine rings is 1. The number of nitrogens with one attached hydrogen (secondary N) is 1. The van der Waals surface area contributed by atoms with Crippen molar-refractivity contribution >= 4 is 12.0 Å². The van der Waals surface area contributed by atoms with E-state index in [-0.39, 0.29) is 11.9 Å². The number of aryl methyl sites for hydroxylation is 1. The van der Waals surface area contributed by atoms with Gasteiger partial charge in [0.2, 0.25) is 0 Å². The minimum Gasteiger partial charge on any atom is -0.496 e. The van der Waals surface area contributed by atoms with E-state index >= 15 is 0 Å². The highest BCUT2D eigenvalue weighted by molar-refractivity contribution is 5.95. The number of ether oxygens (including phenoxy) is 1. The summed E-state index contributed by atoms with van der Waals surface area (Å²) >= 11 is 0. The molecule has 0 spiro atoms. The van der Waals surface area contributed by atoms with Gasteiger partial charge in [-0.3, -0.25) is 14.4 Å². The summed E-state index contributed by atoms with van der Waals surface area (Å²) < 4.78 is 7.36. The number of para-hydroxylation sites is 1. The zero-order chi connectivity index (χ0) is 21.8. The highest BCUT2D eigenvalue weighted by Gasteiger charge is 2.42. The van der Waals surface area contributed by atoms with Gasteiger partial charge in [0.05, 0.1) is 18.9 Å². The van der Waals surface area contributed by atoms with Gasteiger partial charge in [0.1, 0.15) is 5.75 Å². The average molecular weight is 423 g/mol. The molecule has 1 aromatic carbocycles. The number of nitrogens with zero attached hydrogens (tertiary/aromatic N) is 3. The monoisotopic (exact) mass is 422 g/mol. The summed E-state index contributed by atoms with van der Waals surface area (Å²) in [6.07, 6.45) is 9.48. The SMILES string of the molecule is CCCn1ncc(C(=O)NC2[C@@H]3CC[C@H]2CN(C/C=C/c2ccccc2OC)C3)c1C. The quantitative estimate of drug-likeness (QED) is 0.704. The number of amides is 1. The van der Waals surface area contributed by atoms with Crippen LogP contribution in [0.15, 0.2) is 36.5 Å². The fourth-order valence-electron chi connectivity index (χ4n) is 5.17. The van der Waals surface area contributed by atoms with Crippen molar-refractivity contribution in [2.45, 2.75) is 45.7 Å². The third-order valence-electron chi connectivity index (χ3n) is 6.79. The van der Waals surface area contributed by atoms with Gasteiger partial charge in [-0.25, -0.2) is 0 Å². The maximum atomic E-state index is 12.9. The first-order chi connectivity index (χ1) is 15.1. The minimum absolute atomic E-state index is 0.0336. The van der Waals surface area contributed by atoms with Gasteiger partial charge in [-0.2, -0.15) is 5.10 Å². The maximum absolute atomic E-state index is 12.9. The zero-order valence-electron chi connectivity index (χ0n) is 18.9. The van der Waals surface area contributed by atoms with Crippen molar-refractivity contribution in [1.82, 2.24) is 20.0 Å². The third kappa shape index (κ3) is 4.69. The molecule has 1 aromatic heterocycles. The van der Waals surface area contributed by atoms with Crippen LogP contribution in [0.1, 0.15) is 47.8 Å². The summed E-state index contributed by atoms with van der Waals surface area (Å²) in [7, 11) is 1.71. The Bertz CT molecular complexity index is 921. The van der Waals surface area contributed by atoms with Gasteiger partial charge in [-0.05, 0) is 44.1 Å². The summed E-state index contributed by atoms with van der Waals surface area (Å²) in [6, 6.07) is 8.36. The molecule has 1 unspecified atom stereocenters. The molecule has 4 rings (SSSR count). The van der Waals surface area contributed by atoms with Crippen molar-refractivity contribution in [3.05, 3.63) is 53.4 Å². The van der Waals surface area contributed by atoms with Crippen LogP contribution in [0.25, 0.3) is 6.08 Å². The van der Waals surface area contributed by atoms with Gasteiger partial charge in [-0.15, -0.1) is 0 Å². The molecule has 0 radical (unpaired) electrons. The van der Waals surface area contributed by atoms with Crippen LogP contribution < -0.4 is 10.1 Å². The minimum atomic E-state index is 0.0336. The average Bonchev–Trinajstić information content (AvgIpc) is 3.24. The van der Waals surface area contributed by atoms with E-state index in [4.69, 9.17) is 4.74 Å². The van der Waals surface area contributed by atoms with Crippen molar-refractivity contribution in [3.8, 4) is 5.75 Å². The molecule has 6 nitrogen and oxygen atoms in total. The van der Waals surface area contributed by atoms with Gasteiger partial charge in [0, 0.05) is 43.5 Å². The predicted molar refractivity (Wildman–Crippen MR) is 123 cm³/mol. The maximum Gasteiger partial charge on any atom is 0.254 e. The van der Waals surface area contributed by atoms with Crippen LogP contribution in [-0.2, 0) is 6.54 Å². The number of likely N-dealkylation sites (tertiary alicyclic amines) is 1. The van der Waals surface area contributed by atoms with E-state index in [1.807, 2.05) is 29.8 Å². The Morgan fingerprint density at radius 2 is 2.00 bits per heavy atom. The molecule has 1 saturated carbocycles. The molecule has 1 aliphatic heterocycles. The van der Waals surface area contributed by atoms with Gasteiger partial charge in [0.25, 0.3) is 5.91 Å². The lowest BCUT2D eigenvalue weighted by Crippen LogP contribution is -2.52. The Labute approximate surface area is 185 Å². The molecule has 1 N–H and O–H groups in total. The summed E-state index contributed by atoms with van der Waals surface area (Å²) in [5.74, 6) is 1.98. The number of rotatable bonds is 8. The van der Waals surface area contributed by atoms with Crippen molar-refractivity contribution in [2.24, 2.45) is 11.8 Å². The normalized spacial score (nSPS) is 23.4. The molecular weight excluding hydrogens is 388 g/mol. The molecule has 1 amide bonds. The molecule has 1 aliphatic carbocycles. The van der Waals surface area contributed by atoms with Crippen LogP contribution in [0.4, 0.5) is 0 Å². The van der Waals surface area contributed by atoms with Gasteiger partial charge in [-0.1, -0.05) is 37.3 Å². The lowest BCUT2D eigenvalue weighted by atomic mass is 9.91. The Balaban J connectivity index is 1.34. The molecular formula is C25H34N4O2. The van der Waals surface area contributed by atoms with E-state index in [0.717, 1.165) is 55.2 Å². The number of benzene rings is 1. The zero-order valence-corrected chi connectivity index (χ0v) is 18.9. The van der Waals surface area contributed by atoms with E-state index in [9.17, 15) is 4.79 Å². The molecule has 2 aromatic rings. The smallest absolute Gasteiger partial charge is 0.254 e. The molecule has 2 bridgehead atoms. The molecule has 2 heterocycles. The fraction of sp³-hybridized carbons (Fsp3) is 0.520. The van der Waals surface area contributed by atoms with Gasteiger partial charge < -0.3 is 10.1 Å². The van der Waals surface area contributed by atoms with Crippen LogP contribution in [0.3, 0.4) is 0 Å². The second-order valence-corrected chi connectivity index (χ2v) is 8.83. The van der Waals surface area contributed by atoms with Crippen LogP contribution >= 0.6 is 0 Å². The number of carbonyl (C=O) groups excluding carboxylic acids is 1. The molecule has 1 saturated heterocycles. The number of hydrogen-bond donors (Lipinski definition) is 1. The van der Waals surface area contributed by atoms with Gasteiger partial charge in [0.15, 0.2) is 0 Å². The Hall–Kier alpha value is -2.60. The summed E-state index contributed by atoms with van der Waals surface area (Å²) in [5, 5.41) is 7.74. The van der Waals surface area contributed by atoms with Crippen LogP contribution in [0, 0.1) is 18.8 Å². The Morgan fingerprint density at radius 3 is 2.71 bits per heavy atom. The second-order valence-electron chi connectivity index (χ2n) is 8.83. The van der Waals surface area contributed by atoms with Crippen LogP contribution in [0.2, 0.25) is 0 Å². The third-order valence-corrected chi connectivity index (χ3v) is 6.79. The van der Waals surface area contributed by atoms with E-state index < -0.39 is 0 Å². The summed E-state index contributed by atoms with van der Waals surface area (Å²) in [5.41, 5.74) is 2.79. The van der Waals surface area contributed by atoms with E-state index in [2.05, 4.69) is 40.5 Å². The lowest BCUT2D eigenvalue weighted by molar-refractivity contribution is 0.0849. The highest BCUT2D eigenvalue weighted by Crippen LogP contribution is 2.37. The predicted octanol–water partition coefficient (Wildman–Crippen LogP) is 3.76.